The fourth-order valence-corrected chi connectivity index (χ4v) is 4.80. The average Bonchev–Trinajstić information content (AvgIpc) is 3.31. The van der Waals surface area contributed by atoms with Gasteiger partial charge < -0.3 is 14.2 Å². The number of halogens is 1. The molecule has 3 aromatic carbocycles. The molecule has 6 heteroatoms. The van der Waals surface area contributed by atoms with Crippen molar-refractivity contribution in [3.05, 3.63) is 87.9 Å². The van der Waals surface area contributed by atoms with Crippen LogP contribution in [-0.2, 0) is 0 Å². The highest BCUT2D eigenvalue weighted by atomic mass is 79.9. The van der Waals surface area contributed by atoms with E-state index < -0.39 is 0 Å². The maximum absolute atomic E-state index is 6.50. The van der Waals surface area contributed by atoms with Gasteiger partial charge in [0.05, 0.1) is 25.0 Å². The van der Waals surface area contributed by atoms with Gasteiger partial charge in [-0.25, -0.2) is 5.01 Å². The molecule has 2 aliphatic heterocycles. The Morgan fingerprint density at radius 3 is 2.44 bits per heavy atom. The van der Waals surface area contributed by atoms with Crippen LogP contribution < -0.4 is 14.2 Å². The first-order chi connectivity index (χ1) is 16.7. The molecule has 34 heavy (non-hydrogen) atoms. The number of nitrogens with zero attached hydrogens (tertiary/aromatic N) is 2. The van der Waals surface area contributed by atoms with Crippen molar-refractivity contribution >= 4 is 21.6 Å². The van der Waals surface area contributed by atoms with Crippen molar-refractivity contribution in [3.63, 3.8) is 0 Å². The molecule has 2 aliphatic rings. The molecule has 0 spiro atoms. The highest BCUT2D eigenvalue weighted by Crippen LogP contribution is 2.48. The van der Waals surface area contributed by atoms with E-state index in [2.05, 4.69) is 58.2 Å². The average molecular weight is 521 g/mol. The minimum Gasteiger partial charge on any atom is -0.494 e. The molecule has 0 saturated heterocycles. The summed E-state index contributed by atoms with van der Waals surface area (Å²) in [5.41, 5.74) is 4.36. The zero-order valence-electron chi connectivity index (χ0n) is 19.5. The summed E-state index contributed by atoms with van der Waals surface area (Å²) >= 11 is 3.62. The number of ether oxygens (including phenoxy) is 3. The summed E-state index contributed by atoms with van der Waals surface area (Å²) < 4.78 is 19.0. The van der Waals surface area contributed by atoms with Crippen LogP contribution in [0.25, 0.3) is 0 Å². The van der Waals surface area contributed by atoms with Crippen molar-refractivity contribution in [1.82, 2.24) is 5.01 Å². The first-order valence-corrected chi connectivity index (χ1v) is 12.7. The summed E-state index contributed by atoms with van der Waals surface area (Å²) in [5.74, 6) is 2.66. The zero-order chi connectivity index (χ0) is 23.5. The van der Waals surface area contributed by atoms with Crippen molar-refractivity contribution in [3.8, 4) is 17.2 Å². The lowest BCUT2D eigenvalue weighted by Gasteiger charge is -2.38. The van der Waals surface area contributed by atoms with Gasteiger partial charge in [-0.05, 0) is 85.6 Å². The molecule has 176 valence electrons. The van der Waals surface area contributed by atoms with E-state index in [0.717, 1.165) is 70.0 Å². The summed E-state index contributed by atoms with van der Waals surface area (Å²) in [6.45, 7) is 5.55. The zero-order valence-corrected chi connectivity index (χ0v) is 21.1. The Kier molecular flexibility index (Phi) is 6.77. The predicted molar refractivity (Wildman–Crippen MR) is 138 cm³/mol. The number of fused-ring (bicyclic) bond motifs is 3. The third-order valence-corrected chi connectivity index (χ3v) is 6.68. The number of hydrogen-bond donors (Lipinski definition) is 0. The molecule has 0 amide bonds. The summed E-state index contributed by atoms with van der Waals surface area (Å²) in [5, 5.41) is 7.17. The second kappa shape index (κ2) is 10.1. The molecule has 2 heterocycles. The third kappa shape index (κ3) is 4.64. The molecule has 5 rings (SSSR count). The van der Waals surface area contributed by atoms with Gasteiger partial charge in [-0.3, -0.25) is 0 Å². The number of hydrazone groups is 1. The van der Waals surface area contributed by atoms with Crippen LogP contribution in [0.2, 0.25) is 0 Å². The maximum atomic E-state index is 6.50. The van der Waals surface area contributed by atoms with Crippen molar-refractivity contribution in [2.24, 2.45) is 5.10 Å². The van der Waals surface area contributed by atoms with Gasteiger partial charge in [0.25, 0.3) is 0 Å². The molecule has 0 N–H and O–H groups in total. The van der Waals surface area contributed by atoms with E-state index in [0.29, 0.717) is 6.61 Å². The van der Waals surface area contributed by atoms with E-state index in [-0.39, 0.29) is 12.3 Å². The number of benzene rings is 3. The Bertz CT molecular complexity index is 1160. The third-order valence-electron chi connectivity index (χ3n) is 6.18. The largest absolute Gasteiger partial charge is 0.494 e. The Hall–Kier alpha value is -2.99. The van der Waals surface area contributed by atoms with Gasteiger partial charge in [-0.2, -0.15) is 5.10 Å². The fourth-order valence-electron chi connectivity index (χ4n) is 4.43. The smallest absolute Gasteiger partial charge is 0.213 e. The molecule has 0 bridgehead atoms. The molecule has 3 aromatic rings. The van der Waals surface area contributed by atoms with Gasteiger partial charge >= 0.3 is 0 Å². The van der Waals surface area contributed by atoms with Crippen LogP contribution in [0.3, 0.4) is 0 Å². The van der Waals surface area contributed by atoms with Crippen molar-refractivity contribution in [1.29, 1.82) is 0 Å². The number of hydrogen-bond acceptors (Lipinski definition) is 5. The van der Waals surface area contributed by atoms with Gasteiger partial charge in [0.1, 0.15) is 17.2 Å². The number of unbranched alkanes of at least 4 members (excludes halogenated alkanes) is 1. The van der Waals surface area contributed by atoms with E-state index in [1.165, 1.54) is 0 Å². The van der Waals surface area contributed by atoms with E-state index in [1.807, 2.05) is 43.3 Å². The highest BCUT2D eigenvalue weighted by molar-refractivity contribution is 9.10. The lowest BCUT2D eigenvalue weighted by Crippen LogP contribution is -2.33. The van der Waals surface area contributed by atoms with Gasteiger partial charge in [0, 0.05) is 22.0 Å². The fraction of sp³-hybridized carbons (Fsp3) is 0.321. The van der Waals surface area contributed by atoms with Gasteiger partial charge in [-0.15, -0.1) is 0 Å². The van der Waals surface area contributed by atoms with Crippen molar-refractivity contribution in [2.75, 3.05) is 13.2 Å². The second-order valence-electron chi connectivity index (χ2n) is 8.53. The molecule has 2 atom stereocenters. The Morgan fingerprint density at radius 1 is 0.971 bits per heavy atom. The summed E-state index contributed by atoms with van der Waals surface area (Å²) in [6, 6.07) is 22.7. The normalized spacial score (nSPS) is 18.6. The minimum absolute atomic E-state index is 0.105. The Balaban J connectivity index is 1.45. The monoisotopic (exact) mass is 520 g/mol. The highest BCUT2D eigenvalue weighted by Gasteiger charge is 2.41. The van der Waals surface area contributed by atoms with Crippen LogP contribution in [0.1, 0.15) is 62.1 Å². The van der Waals surface area contributed by atoms with E-state index in [9.17, 15) is 0 Å². The molecule has 0 aliphatic carbocycles. The van der Waals surface area contributed by atoms with Crippen LogP contribution in [0.5, 0.6) is 17.2 Å². The van der Waals surface area contributed by atoms with Gasteiger partial charge in [0.15, 0.2) is 0 Å². The first-order valence-electron chi connectivity index (χ1n) is 11.9. The second-order valence-corrected chi connectivity index (χ2v) is 9.44. The molecule has 0 saturated carbocycles. The van der Waals surface area contributed by atoms with Crippen LogP contribution in [-0.4, -0.2) is 23.9 Å². The molecule has 0 aromatic heterocycles. The summed E-state index contributed by atoms with van der Waals surface area (Å²) in [7, 11) is 0. The van der Waals surface area contributed by atoms with Crippen LogP contribution >= 0.6 is 15.9 Å². The van der Waals surface area contributed by atoms with Crippen molar-refractivity contribution < 1.29 is 14.2 Å². The van der Waals surface area contributed by atoms with Crippen LogP contribution in [0.15, 0.2) is 76.3 Å². The summed E-state index contributed by atoms with van der Waals surface area (Å²) in [4.78, 5) is 0. The summed E-state index contributed by atoms with van der Waals surface area (Å²) in [6.07, 6.45) is 2.69. The van der Waals surface area contributed by atoms with Gasteiger partial charge in [-0.1, -0.05) is 29.3 Å². The van der Waals surface area contributed by atoms with Crippen LogP contribution in [0.4, 0.5) is 0 Å². The van der Waals surface area contributed by atoms with E-state index >= 15 is 0 Å². The quantitative estimate of drug-likeness (QED) is 0.293. The molecule has 5 nitrogen and oxygen atoms in total. The standard InChI is InChI=1S/C28H29BrN2O3/c1-3-5-16-33-23-13-8-20(9-14-23)28-31-26(24-17-21(29)10-15-27(24)34-28)18-25(30-31)19-6-11-22(12-7-19)32-4-2/h6-15,17,26,28H,3-5,16,18H2,1-2H3/t26-,28-/m1/s1. The van der Waals surface area contributed by atoms with E-state index in [4.69, 9.17) is 19.3 Å². The van der Waals surface area contributed by atoms with Crippen molar-refractivity contribution in [2.45, 2.75) is 45.4 Å². The topological polar surface area (TPSA) is 43.3 Å². The Morgan fingerprint density at radius 2 is 1.71 bits per heavy atom. The molecular weight excluding hydrogens is 492 g/mol. The van der Waals surface area contributed by atoms with E-state index in [1.54, 1.807) is 0 Å². The lowest BCUT2D eigenvalue weighted by atomic mass is 9.96. The maximum Gasteiger partial charge on any atom is 0.213 e. The number of rotatable bonds is 8. The lowest BCUT2D eigenvalue weighted by molar-refractivity contribution is -0.0191. The molecule has 0 radical (unpaired) electrons. The Labute approximate surface area is 209 Å². The van der Waals surface area contributed by atoms with Crippen LogP contribution in [0, 0.1) is 0 Å². The predicted octanol–water partition coefficient (Wildman–Crippen LogP) is 7.27. The first kappa shape index (κ1) is 22.8. The minimum atomic E-state index is -0.302. The molecule has 0 unspecified atom stereocenters. The molecular formula is C28H29BrN2O3. The molecule has 0 fully saturated rings. The SMILES string of the molecule is CCCCOc1ccc([C@H]2Oc3ccc(Br)cc3[C@H]3CC(c4ccc(OCC)cc4)=NN32)cc1. The van der Waals surface area contributed by atoms with Gasteiger partial charge in [0.2, 0.25) is 6.23 Å².